The Bertz CT molecular complexity index is 585. The molecule has 2 aromatic rings. The lowest BCUT2D eigenvalue weighted by Crippen LogP contribution is -2.01. The van der Waals surface area contributed by atoms with E-state index in [1.807, 2.05) is 24.3 Å². The summed E-state index contributed by atoms with van der Waals surface area (Å²) in [7, 11) is 3.07. The van der Waals surface area contributed by atoms with E-state index in [9.17, 15) is 4.79 Å². The molecule has 0 amide bonds. The Labute approximate surface area is 118 Å². The van der Waals surface area contributed by atoms with Crippen molar-refractivity contribution >= 4 is 16.9 Å². The quantitative estimate of drug-likeness (QED) is 0.751. The Balaban J connectivity index is 2.02. The lowest BCUT2D eigenvalue weighted by atomic mass is 10.0. The number of methoxy groups -OCH3 is 2. The van der Waals surface area contributed by atoms with Crippen LogP contribution in [0.25, 0.3) is 11.0 Å². The smallest absolute Gasteiger partial charge is 0.305 e. The Morgan fingerprint density at radius 2 is 2.10 bits per heavy atom. The molecule has 0 spiro atoms. The zero-order chi connectivity index (χ0) is 14.5. The summed E-state index contributed by atoms with van der Waals surface area (Å²) in [5.41, 5.74) is 0.862. The summed E-state index contributed by atoms with van der Waals surface area (Å²) in [6, 6.07) is 7.81. The normalized spacial score (nSPS) is 12.3. The molecule has 2 rings (SSSR count). The highest BCUT2D eigenvalue weighted by molar-refractivity contribution is 5.79. The van der Waals surface area contributed by atoms with E-state index in [2.05, 4.69) is 11.7 Å². The number of carbonyl (C=O) groups is 1. The standard InChI is InChI=1S/C16H20O4/c1-11(5-4-6-16(17)19-3)15-10-12-9-13(18-2)7-8-14(12)20-15/h7-11H,4-6H2,1-3H3/t11-/m1/s1. The molecular formula is C16H20O4. The van der Waals surface area contributed by atoms with Crippen molar-refractivity contribution in [2.45, 2.75) is 32.1 Å². The maximum atomic E-state index is 11.1. The van der Waals surface area contributed by atoms with Crippen molar-refractivity contribution in [2.75, 3.05) is 14.2 Å². The lowest BCUT2D eigenvalue weighted by molar-refractivity contribution is -0.140. The van der Waals surface area contributed by atoms with Crippen LogP contribution >= 0.6 is 0 Å². The van der Waals surface area contributed by atoms with Gasteiger partial charge in [-0.15, -0.1) is 0 Å². The minimum Gasteiger partial charge on any atom is -0.497 e. The van der Waals surface area contributed by atoms with E-state index in [-0.39, 0.29) is 11.9 Å². The first-order valence-corrected chi connectivity index (χ1v) is 6.78. The van der Waals surface area contributed by atoms with Crippen molar-refractivity contribution in [3.8, 4) is 5.75 Å². The van der Waals surface area contributed by atoms with Crippen molar-refractivity contribution < 1.29 is 18.7 Å². The molecule has 0 radical (unpaired) electrons. The molecule has 1 atom stereocenters. The molecule has 0 aliphatic carbocycles. The van der Waals surface area contributed by atoms with Gasteiger partial charge in [0.2, 0.25) is 0 Å². The molecule has 0 bridgehead atoms. The highest BCUT2D eigenvalue weighted by Crippen LogP contribution is 2.30. The Kier molecular flexibility index (Phi) is 4.66. The van der Waals surface area contributed by atoms with Crippen LogP contribution in [0.4, 0.5) is 0 Å². The number of carbonyl (C=O) groups excluding carboxylic acids is 1. The van der Waals surface area contributed by atoms with Gasteiger partial charge in [-0.05, 0) is 37.1 Å². The number of hydrogen-bond donors (Lipinski definition) is 0. The molecule has 20 heavy (non-hydrogen) atoms. The van der Waals surface area contributed by atoms with E-state index in [0.29, 0.717) is 6.42 Å². The number of ether oxygens (including phenoxy) is 2. The molecular weight excluding hydrogens is 256 g/mol. The first-order valence-electron chi connectivity index (χ1n) is 6.78. The molecule has 4 heteroatoms. The number of fused-ring (bicyclic) bond motifs is 1. The van der Waals surface area contributed by atoms with Gasteiger partial charge in [-0.25, -0.2) is 0 Å². The van der Waals surface area contributed by atoms with E-state index < -0.39 is 0 Å². The van der Waals surface area contributed by atoms with Crippen LogP contribution in [0.5, 0.6) is 5.75 Å². The van der Waals surface area contributed by atoms with Crippen LogP contribution in [-0.2, 0) is 9.53 Å². The molecule has 1 aromatic carbocycles. The third-order valence-electron chi connectivity index (χ3n) is 3.47. The van der Waals surface area contributed by atoms with Crippen LogP contribution in [0, 0.1) is 0 Å². The maximum Gasteiger partial charge on any atom is 0.305 e. The molecule has 0 N–H and O–H groups in total. The van der Waals surface area contributed by atoms with E-state index >= 15 is 0 Å². The van der Waals surface area contributed by atoms with Gasteiger partial charge < -0.3 is 13.9 Å². The van der Waals surface area contributed by atoms with Crippen LogP contribution in [0.15, 0.2) is 28.7 Å². The molecule has 0 fully saturated rings. The fraction of sp³-hybridized carbons (Fsp3) is 0.438. The van der Waals surface area contributed by atoms with E-state index in [1.54, 1.807) is 7.11 Å². The van der Waals surface area contributed by atoms with E-state index in [4.69, 9.17) is 9.15 Å². The zero-order valence-corrected chi connectivity index (χ0v) is 12.1. The number of hydrogen-bond acceptors (Lipinski definition) is 4. The molecule has 4 nitrogen and oxygen atoms in total. The molecule has 0 unspecified atom stereocenters. The van der Waals surface area contributed by atoms with Crippen molar-refractivity contribution in [3.05, 3.63) is 30.0 Å². The fourth-order valence-electron chi connectivity index (χ4n) is 2.21. The Morgan fingerprint density at radius 3 is 2.80 bits per heavy atom. The van der Waals surface area contributed by atoms with Gasteiger partial charge in [0.25, 0.3) is 0 Å². The molecule has 0 aliphatic rings. The Hall–Kier alpha value is -1.97. The summed E-state index contributed by atoms with van der Waals surface area (Å²) in [6.45, 7) is 2.10. The lowest BCUT2D eigenvalue weighted by Gasteiger charge is -2.07. The highest BCUT2D eigenvalue weighted by atomic mass is 16.5. The zero-order valence-electron chi connectivity index (χ0n) is 12.1. The topological polar surface area (TPSA) is 48.7 Å². The largest absolute Gasteiger partial charge is 0.497 e. The predicted octanol–water partition coefficient (Wildman–Crippen LogP) is 3.89. The van der Waals surface area contributed by atoms with Crippen molar-refractivity contribution in [1.82, 2.24) is 0 Å². The van der Waals surface area contributed by atoms with Gasteiger partial charge >= 0.3 is 5.97 Å². The third-order valence-corrected chi connectivity index (χ3v) is 3.47. The van der Waals surface area contributed by atoms with Crippen molar-refractivity contribution in [2.24, 2.45) is 0 Å². The molecule has 0 aliphatic heterocycles. The van der Waals surface area contributed by atoms with Gasteiger partial charge in [0, 0.05) is 17.7 Å². The number of benzene rings is 1. The molecule has 1 heterocycles. The van der Waals surface area contributed by atoms with Gasteiger partial charge in [0.1, 0.15) is 17.1 Å². The predicted molar refractivity (Wildman–Crippen MR) is 77.0 cm³/mol. The number of esters is 1. The minimum absolute atomic E-state index is 0.161. The second-order valence-electron chi connectivity index (χ2n) is 4.92. The SMILES string of the molecule is COC(=O)CCC[C@@H](C)c1cc2cc(OC)ccc2o1. The molecule has 0 saturated heterocycles. The van der Waals surface area contributed by atoms with Crippen LogP contribution in [0.1, 0.15) is 37.9 Å². The molecule has 108 valence electrons. The maximum absolute atomic E-state index is 11.1. The number of rotatable bonds is 6. The van der Waals surface area contributed by atoms with Gasteiger partial charge in [0.15, 0.2) is 0 Å². The van der Waals surface area contributed by atoms with Crippen LogP contribution in [0.2, 0.25) is 0 Å². The van der Waals surface area contributed by atoms with Crippen LogP contribution in [0.3, 0.4) is 0 Å². The minimum atomic E-state index is -0.161. The van der Waals surface area contributed by atoms with Crippen LogP contribution in [-0.4, -0.2) is 20.2 Å². The fourth-order valence-corrected chi connectivity index (χ4v) is 2.21. The summed E-state index contributed by atoms with van der Waals surface area (Å²) in [5, 5.41) is 1.04. The van der Waals surface area contributed by atoms with Crippen LogP contribution < -0.4 is 4.74 Å². The highest BCUT2D eigenvalue weighted by Gasteiger charge is 2.13. The second-order valence-corrected chi connectivity index (χ2v) is 4.92. The van der Waals surface area contributed by atoms with E-state index in [1.165, 1.54) is 7.11 Å². The van der Waals surface area contributed by atoms with Gasteiger partial charge in [-0.3, -0.25) is 4.79 Å². The number of furan rings is 1. The summed E-state index contributed by atoms with van der Waals surface area (Å²) < 4.78 is 15.7. The van der Waals surface area contributed by atoms with E-state index in [0.717, 1.165) is 35.3 Å². The van der Waals surface area contributed by atoms with Crippen molar-refractivity contribution in [3.63, 3.8) is 0 Å². The average molecular weight is 276 g/mol. The third kappa shape index (κ3) is 3.32. The second kappa shape index (κ2) is 6.46. The molecule has 0 saturated carbocycles. The summed E-state index contributed by atoms with van der Waals surface area (Å²) >= 11 is 0. The first kappa shape index (κ1) is 14.4. The monoisotopic (exact) mass is 276 g/mol. The molecule has 1 aromatic heterocycles. The average Bonchev–Trinajstić information content (AvgIpc) is 2.89. The van der Waals surface area contributed by atoms with Gasteiger partial charge in [0.05, 0.1) is 14.2 Å². The first-order chi connectivity index (χ1) is 9.63. The van der Waals surface area contributed by atoms with Crippen molar-refractivity contribution in [1.29, 1.82) is 0 Å². The summed E-state index contributed by atoms with van der Waals surface area (Å²) in [4.78, 5) is 11.1. The van der Waals surface area contributed by atoms with Gasteiger partial charge in [-0.2, -0.15) is 0 Å². The van der Waals surface area contributed by atoms with Gasteiger partial charge in [-0.1, -0.05) is 6.92 Å². The Morgan fingerprint density at radius 1 is 1.30 bits per heavy atom. The summed E-state index contributed by atoms with van der Waals surface area (Å²) in [5.74, 6) is 1.88. The summed E-state index contributed by atoms with van der Waals surface area (Å²) in [6.07, 6.45) is 2.15.